The molecular weight excluding hydrogens is 693 g/mol. The molecule has 13 nitrogen and oxygen atoms in total. The summed E-state index contributed by atoms with van der Waals surface area (Å²) in [6.45, 7) is 9.27. The number of aryl methyl sites for hydroxylation is 1. The number of aromatic nitrogens is 4. The van der Waals surface area contributed by atoms with E-state index >= 15 is 0 Å². The van der Waals surface area contributed by atoms with Gasteiger partial charge in [-0.05, 0) is 47.7 Å². The van der Waals surface area contributed by atoms with Gasteiger partial charge < -0.3 is 30.7 Å². The molecule has 5 N–H and O–H groups in total. The van der Waals surface area contributed by atoms with E-state index in [1.807, 2.05) is 80.6 Å². The average molecular weight is 737 g/mol. The number of fused-ring (bicyclic) bond motifs is 1. The van der Waals surface area contributed by atoms with E-state index in [2.05, 4.69) is 30.8 Å². The van der Waals surface area contributed by atoms with Crippen molar-refractivity contribution < 1.29 is 24.6 Å². The summed E-state index contributed by atoms with van der Waals surface area (Å²) in [6.07, 6.45) is -0.727. The van der Waals surface area contributed by atoms with Gasteiger partial charge in [0.1, 0.15) is 17.8 Å². The molecule has 2 aliphatic rings. The molecule has 276 valence electrons. The first kappa shape index (κ1) is 36.2. The molecular formula is C39H44N8O5S. The molecule has 14 heteroatoms. The first-order valence-electron chi connectivity index (χ1n) is 17.8. The molecule has 2 aromatic carbocycles. The number of hydrogen-bond donors (Lipinski definition) is 5. The molecule has 5 heterocycles. The van der Waals surface area contributed by atoms with Crippen molar-refractivity contribution in [3.63, 3.8) is 0 Å². The minimum absolute atomic E-state index is 0.0129. The Bertz CT molecular complexity index is 2140. The normalized spacial score (nSPS) is 18.5. The first-order chi connectivity index (χ1) is 25.3. The number of carbonyl (C=O) groups excluding carboxylic acids is 3. The lowest BCUT2D eigenvalue weighted by atomic mass is 9.85. The monoisotopic (exact) mass is 736 g/mol. The molecule has 0 bridgehead atoms. The fraction of sp³-hybridized carbons (Fsp3) is 0.385. The zero-order chi connectivity index (χ0) is 37.4. The lowest BCUT2D eigenvalue weighted by Gasteiger charge is -2.39. The van der Waals surface area contributed by atoms with Crippen molar-refractivity contribution in [2.24, 2.45) is 5.41 Å². The number of amides is 3. The predicted octanol–water partition coefficient (Wildman–Crippen LogP) is 3.97. The van der Waals surface area contributed by atoms with Gasteiger partial charge in [-0.15, -0.1) is 21.5 Å². The van der Waals surface area contributed by atoms with Gasteiger partial charge in [-0.25, -0.2) is 4.98 Å². The Labute approximate surface area is 311 Å². The fourth-order valence-electron chi connectivity index (χ4n) is 7.08. The number of H-pyrrole nitrogens is 1. The number of nitrogens with zero attached hydrogens (tertiary/aromatic N) is 5. The van der Waals surface area contributed by atoms with Gasteiger partial charge in [0.25, 0.3) is 0 Å². The molecule has 5 aromatic rings. The third-order valence-corrected chi connectivity index (χ3v) is 11.0. The summed E-state index contributed by atoms with van der Waals surface area (Å²) in [4.78, 5) is 53.0. The average Bonchev–Trinajstić information content (AvgIpc) is 3.84. The van der Waals surface area contributed by atoms with Crippen molar-refractivity contribution in [1.29, 1.82) is 0 Å². The van der Waals surface area contributed by atoms with Gasteiger partial charge in [0.2, 0.25) is 17.7 Å². The van der Waals surface area contributed by atoms with E-state index in [0.717, 1.165) is 32.8 Å². The number of hydrogen-bond acceptors (Lipinski definition) is 10. The number of aliphatic hydroxyl groups excluding tert-OH is 1. The van der Waals surface area contributed by atoms with Gasteiger partial charge >= 0.3 is 0 Å². The second kappa shape index (κ2) is 14.7. The highest BCUT2D eigenvalue weighted by Gasteiger charge is 2.44. The first-order valence-corrected chi connectivity index (χ1v) is 18.6. The highest BCUT2D eigenvalue weighted by Crippen LogP contribution is 2.32. The Hall–Kier alpha value is -5.18. The van der Waals surface area contributed by atoms with Crippen LogP contribution in [0.3, 0.4) is 0 Å². The summed E-state index contributed by atoms with van der Waals surface area (Å²) in [5.74, 6) is -0.726. The summed E-state index contributed by atoms with van der Waals surface area (Å²) in [5, 5.41) is 36.2. The summed E-state index contributed by atoms with van der Waals surface area (Å²) >= 11 is 1.58. The number of benzene rings is 2. The SMILES string of the molecule is Cc1ncsc1-c1ccc(CNC(=O)[C@@H]2C[C@@H](O)CN2C(=O)[C@@H](NC(=O)CN2CC(c3cc4cc(-c5ccccc5O)nnc4[nH]3)C2)C(C)(C)C)cc1. The van der Waals surface area contributed by atoms with Crippen molar-refractivity contribution in [3.8, 4) is 27.4 Å². The molecule has 0 aliphatic carbocycles. The van der Waals surface area contributed by atoms with Gasteiger partial charge in [-0.1, -0.05) is 57.2 Å². The molecule has 3 amide bonds. The number of phenols is 1. The zero-order valence-corrected chi connectivity index (χ0v) is 31.0. The maximum atomic E-state index is 14.0. The smallest absolute Gasteiger partial charge is 0.246 e. The molecule has 53 heavy (non-hydrogen) atoms. The Balaban J connectivity index is 0.938. The van der Waals surface area contributed by atoms with E-state index in [4.69, 9.17) is 0 Å². The maximum absolute atomic E-state index is 14.0. The number of para-hydroxylation sites is 1. The van der Waals surface area contributed by atoms with E-state index < -0.39 is 29.5 Å². The second-order valence-electron chi connectivity index (χ2n) is 15.1. The van der Waals surface area contributed by atoms with Gasteiger partial charge in [0, 0.05) is 55.2 Å². The van der Waals surface area contributed by atoms with E-state index in [9.17, 15) is 24.6 Å². The van der Waals surface area contributed by atoms with Gasteiger partial charge in [0.15, 0.2) is 5.65 Å². The molecule has 0 radical (unpaired) electrons. The van der Waals surface area contributed by atoms with Crippen molar-refractivity contribution in [2.45, 2.75) is 64.8 Å². The van der Waals surface area contributed by atoms with Crippen LogP contribution in [-0.4, -0.2) is 102 Å². The number of nitrogens with one attached hydrogen (secondary N) is 3. The Kier molecular flexibility index (Phi) is 10.0. The van der Waals surface area contributed by atoms with Crippen molar-refractivity contribution in [2.75, 3.05) is 26.2 Å². The van der Waals surface area contributed by atoms with Gasteiger partial charge in [-0.3, -0.25) is 19.3 Å². The Morgan fingerprint density at radius 1 is 1.04 bits per heavy atom. The molecule has 2 aliphatic heterocycles. The third-order valence-electron chi connectivity index (χ3n) is 10.1. The number of rotatable bonds is 10. The van der Waals surface area contributed by atoms with Crippen molar-refractivity contribution in [1.82, 2.24) is 40.6 Å². The van der Waals surface area contributed by atoms with Crippen LogP contribution in [0.5, 0.6) is 5.75 Å². The minimum Gasteiger partial charge on any atom is -0.507 e. The van der Waals surface area contributed by atoms with E-state index in [0.29, 0.717) is 30.0 Å². The summed E-state index contributed by atoms with van der Waals surface area (Å²) in [5.41, 5.74) is 6.93. The Morgan fingerprint density at radius 3 is 2.49 bits per heavy atom. The molecule has 0 spiro atoms. The molecule has 2 fully saturated rings. The van der Waals surface area contributed by atoms with Crippen LogP contribution in [0.4, 0.5) is 0 Å². The number of thiazole rings is 1. The molecule has 0 saturated carbocycles. The van der Waals surface area contributed by atoms with Crippen molar-refractivity contribution >= 4 is 40.1 Å². The molecule has 3 atom stereocenters. The molecule has 0 unspecified atom stereocenters. The standard InChI is InChI=1S/C39H44N8O5S/c1-22-34(53-21-41-22)24-11-9-23(10-12-24)16-40-37(51)31-15-27(48)19-47(31)38(52)35(39(2,3)4)43-33(50)20-46-17-26(18-46)29-13-25-14-30(44-45-36(25)42-29)28-7-5-6-8-32(28)49/h5-14,21,26-27,31,35,48-49H,15-20H2,1-4H3,(H,40,51)(H,42,45)(H,43,50)/t27-,31+,35-/m1/s1. The summed E-state index contributed by atoms with van der Waals surface area (Å²) in [6, 6.07) is 17.1. The molecule has 3 aromatic heterocycles. The van der Waals surface area contributed by atoms with Crippen LogP contribution in [-0.2, 0) is 20.9 Å². The summed E-state index contributed by atoms with van der Waals surface area (Å²) < 4.78 is 0. The highest BCUT2D eigenvalue weighted by atomic mass is 32.1. The van der Waals surface area contributed by atoms with Crippen LogP contribution < -0.4 is 10.6 Å². The Morgan fingerprint density at radius 2 is 1.79 bits per heavy atom. The van der Waals surface area contributed by atoms with E-state index in [1.54, 1.807) is 29.5 Å². The van der Waals surface area contributed by atoms with Crippen molar-refractivity contribution in [3.05, 3.63) is 83.1 Å². The second-order valence-corrected chi connectivity index (χ2v) is 16.0. The van der Waals surface area contributed by atoms with Gasteiger partial charge in [-0.2, -0.15) is 0 Å². The lowest BCUT2D eigenvalue weighted by Crippen LogP contribution is -2.59. The van der Waals surface area contributed by atoms with Crippen LogP contribution in [0.15, 0.2) is 66.2 Å². The van der Waals surface area contributed by atoms with Crippen LogP contribution >= 0.6 is 11.3 Å². The summed E-state index contributed by atoms with van der Waals surface area (Å²) in [7, 11) is 0. The number of carbonyl (C=O) groups is 3. The van der Waals surface area contributed by atoms with E-state index in [-0.39, 0.29) is 49.5 Å². The van der Waals surface area contributed by atoms with E-state index in [1.165, 1.54) is 4.90 Å². The highest BCUT2D eigenvalue weighted by molar-refractivity contribution is 7.13. The number of aromatic amines is 1. The minimum atomic E-state index is -0.902. The number of aliphatic hydroxyl groups is 1. The number of likely N-dealkylation sites (tertiary alicyclic amines) is 2. The molecule has 7 rings (SSSR count). The quantitative estimate of drug-likeness (QED) is 0.142. The van der Waals surface area contributed by atoms with Crippen LogP contribution in [0, 0.1) is 12.3 Å². The predicted molar refractivity (Wildman–Crippen MR) is 202 cm³/mol. The lowest BCUT2D eigenvalue weighted by molar-refractivity contribution is -0.144. The largest absolute Gasteiger partial charge is 0.507 e. The third kappa shape index (κ3) is 7.80. The fourth-order valence-corrected chi connectivity index (χ4v) is 7.89. The zero-order valence-electron chi connectivity index (χ0n) is 30.2. The van der Waals surface area contributed by atoms with Crippen LogP contribution in [0.1, 0.15) is 50.1 Å². The number of phenolic OH excluding ortho intramolecular Hbond substituents is 1. The molecule has 2 saturated heterocycles. The number of aromatic hydroxyl groups is 1. The van der Waals surface area contributed by atoms with Gasteiger partial charge in [0.05, 0.1) is 34.4 Å². The number of β-amino-alcohol motifs (C(OH)–C–C–N with tert-alkyl or cyclic N) is 1. The maximum Gasteiger partial charge on any atom is 0.246 e. The topological polar surface area (TPSA) is 177 Å². The van der Waals surface area contributed by atoms with Crippen LogP contribution in [0.25, 0.3) is 32.7 Å². The van der Waals surface area contributed by atoms with Crippen LogP contribution in [0.2, 0.25) is 0 Å².